The minimum atomic E-state index is -1.53. The number of likely N-dealkylation sites (N-methyl/N-ethyl adjacent to an activating group) is 1. The van der Waals surface area contributed by atoms with Crippen LogP contribution in [0.4, 0.5) is 20.2 Å². The second-order valence-corrected chi connectivity index (χ2v) is 17.2. The highest BCUT2D eigenvalue weighted by atomic mass is 19.1. The third-order valence-corrected chi connectivity index (χ3v) is 11.7. The van der Waals surface area contributed by atoms with Crippen LogP contribution < -0.4 is 20.2 Å². The number of rotatable bonds is 14. The summed E-state index contributed by atoms with van der Waals surface area (Å²) in [6.07, 6.45) is 3.29. The van der Waals surface area contributed by atoms with E-state index >= 15 is 0 Å². The van der Waals surface area contributed by atoms with E-state index in [1.165, 1.54) is 45.0 Å². The molecule has 5 heterocycles. The van der Waals surface area contributed by atoms with Crippen LogP contribution in [-0.2, 0) is 37.9 Å². The van der Waals surface area contributed by atoms with Crippen LogP contribution in [0, 0.1) is 17.0 Å². The highest BCUT2D eigenvalue weighted by molar-refractivity contribution is 5.72. The molecule has 0 bridgehead atoms. The largest absolute Gasteiger partial charge is 0.491 e. The van der Waals surface area contributed by atoms with Crippen molar-refractivity contribution in [3.63, 3.8) is 0 Å². The van der Waals surface area contributed by atoms with Crippen LogP contribution in [0.1, 0.15) is 26.3 Å². The van der Waals surface area contributed by atoms with Gasteiger partial charge in [0.1, 0.15) is 61.7 Å². The Labute approximate surface area is 359 Å². The summed E-state index contributed by atoms with van der Waals surface area (Å²) in [5.74, 6) is -2.65. The molecule has 0 N–H and O–H groups in total. The summed E-state index contributed by atoms with van der Waals surface area (Å²) in [6.45, 7) is 13.4. The predicted molar refractivity (Wildman–Crippen MR) is 226 cm³/mol. The van der Waals surface area contributed by atoms with Crippen molar-refractivity contribution in [1.82, 2.24) is 38.9 Å². The molecular formula is C44H54F2N10O6. The lowest BCUT2D eigenvalue weighted by Gasteiger charge is -2.37. The van der Waals surface area contributed by atoms with Crippen molar-refractivity contribution in [1.29, 1.82) is 0 Å². The highest BCUT2D eigenvalue weighted by Crippen LogP contribution is 2.38. The van der Waals surface area contributed by atoms with Gasteiger partial charge in [0, 0.05) is 80.8 Å². The van der Waals surface area contributed by atoms with E-state index in [1.54, 1.807) is 0 Å². The van der Waals surface area contributed by atoms with Gasteiger partial charge in [0.25, 0.3) is 0 Å². The quantitative estimate of drug-likeness (QED) is 0.150. The molecule has 0 spiro atoms. The molecule has 3 atom stereocenters. The number of nitrogens with zero attached hydrogens (tertiary/aromatic N) is 10. The monoisotopic (exact) mass is 856 g/mol. The van der Waals surface area contributed by atoms with E-state index < -0.39 is 35.0 Å². The Kier molecular flexibility index (Phi) is 12.7. The summed E-state index contributed by atoms with van der Waals surface area (Å²) in [7, 11) is 2.08. The summed E-state index contributed by atoms with van der Waals surface area (Å²) in [5, 5.41) is 8.51. The first kappa shape index (κ1) is 43.0. The van der Waals surface area contributed by atoms with Crippen LogP contribution in [-0.4, -0.2) is 136 Å². The first-order chi connectivity index (χ1) is 29.8. The third kappa shape index (κ3) is 9.99. The number of benzene rings is 3. The number of halogens is 2. The van der Waals surface area contributed by atoms with Crippen LogP contribution >= 0.6 is 0 Å². The van der Waals surface area contributed by atoms with Crippen LogP contribution in [0.5, 0.6) is 5.75 Å². The molecule has 3 aliphatic heterocycles. The van der Waals surface area contributed by atoms with Gasteiger partial charge in [-0.15, -0.1) is 0 Å². The van der Waals surface area contributed by atoms with Gasteiger partial charge in [0.2, 0.25) is 5.79 Å². The number of aromatic nitrogens is 6. The molecule has 3 saturated heterocycles. The van der Waals surface area contributed by atoms with Crippen molar-refractivity contribution in [2.75, 3.05) is 89.0 Å². The topological polar surface area (TPSA) is 137 Å². The molecule has 16 nitrogen and oxygen atoms in total. The van der Waals surface area contributed by atoms with Crippen LogP contribution in [0.25, 0.3) is 5.69 Å². The van der Waals surface area contributed by atoms with E-state index in [4.69, 9.17) is 18.9 Å². The van der Waals surface area contributed by atoms with Crippen molar-refractivity contribution in [3.8, 4) is 11.4 Å². The SMILES string of the molecule is CN1CCN(CC(=O)OC(Cn2ncn(-c3ccc(N4CCN(c5ccc(OC[C@@H]6CO[C@@](Cn7cncn7)(c7ccc(F)cc7F)O6)cc5)CC4)cc3)c2=O)C(C)(C)C)CC1. The Hall–Kier alpha value is -5.69. The molecule has 18 heteroatoms. The van der Waals surface area contributed by atoms with Gasteiger partial charge in [0.05, 0.1) is 25.4 Å². The fourth-order valence-electron chi connectivity index (χ4n) is 7.94. The summed E-state index contributed by atoms with van der Waals surface area (Å²) in [6, 6.07) is 19.1. The normalized spacial score (nSPS) is 20.7. The highest BCUT2D eigenvalue weighted by Gasteiger charge is 2.46. The standard InChI is InChI=1S/C44H54F2N10O6/c1-43(2,3)40(61-41(57)25-51-17-15-50(4)16-18-51)24-56-42(58)55(31-49-56)35-8-6-33(7-9-35)52-19-21-53(22-20-52)34-10-12-36(13-11-34)59-26-37-27-60-44(62-37,28-54-30-47-29-48-54)38-14-5-32(45)23-39(38)46/h5-14,23,29-31,37,40H,15-22,24-28H2,1-4H3/t37-,40?,44-/m1/s1. The van der Waals surface area contributed by atoms with E-state index in [0.29, 0.717) is 11.4 Å². The lowest BCUT2D eigenvalue weighted by molar-refractivity contribution is -0.192. The van der Waals surface area contributed by atoms with E-state index in [-0.39, 0.29) is 50.1 Å². The molecule has 0 saturated carbocycles. The number of carbonyl (C=O) groups excluding carboxylic acids is 1. The molecule has 8 rings (SSSR count). The predicted octanol–water partition coefficient (Wildman–Crippen LogP) is 3.78. The first-order valence-electron chi connectivity index (χ1n) is 21.0. The number of anilines is 2. The Morgan fingerprint density at radius 1 is 0.871 bits per heavy atom. The number of ether oxygens (including phenoxy) is 4. The summed E-state index contributed by atoms with van der Waals surface area (Å²) >= 11 is 0. The fraction of sp³-hybridized carbons (Fsp3) is 0.477. The van der Waals surface area contributed by atoms with E-state index in [1.807, 2.05) is 69.3 Å². The molecule has 62 heavy (non-hydrogen) atoms. The van der Waals surface area contributed by atoms with E-state index in [9.17, 15) is 18.4 Å². The van der Waals surface area contributed by atoms with Gasteiger partial charge in [-0.3, -0.25) is 9.69 Å². The molecule has 3 fully saturated rings. The van der Waals surface area contributed by atoms with Gasteiger partial charge in [-0.2, -0.15) is 10.2 Å². The maximum atomic E-state index is 15.0. The minimum Gasteiger partial charge on any atom is -0.491 e. The molecule has 330 valence electrons. The first-order valence-corrected chi connectivity index (χ1v) is 21.0. The van der Waals surface area contributed by atoms with Crippen molar-refractivity contribution in [3.05, 3.63) is 113 Å². The lowest BCUT2D eigenvalue weighted by atomic mass is 9.89. The van der Waals surface area contributed by atoms with Gasteiger partial charge in [-0.25, -0.2) is 32.5 Å². The molecule has 0 radical (unpaired) electrons. The van der Waals surface area contributed by atoms with Crippen molar-refractivity contribution < 1.29 is 32.5 Å². The Bertz CT molecular complexity index is 2320. The van der Waals surface area contributed by atoms with Gasteiger partial charge in [0.15, 0.2) is 0 Å². The van der Waals surface area contributed by atoms with Crippen molar-refractivity contribution in [2.45, 2.75) is 51.9 Å². The Morgan fingerprint density at radius 2 is 1.53 bits per heavy atom. The molecule has 1 unspecified atom stereocenters. The van der Waals surface area contributed by atoms with Gasteiger partial charge in [-0.1, -0.05) is 20.8 Å². The smallest absolute Gasteiger partial charge is 0.350 e. The number of hydrogen-bond donors (Lipinski definition) is 0. The van der Waals surface area contributed by atoms with Crippen LogP contribution in [0.3, 0.4) is 0 Å². The van der Waals surface area contributed by atoms with Crippen molar-refractivity contribution >= 4 is 17.3 Å². The van der Waals surface area contributed by atoms with Crippen LogP contribution in [0.15, 0.2) is 90.5 Å². The molecule has 2 aromatic heterocycles. The second kappa shape index (κ2) is 18.3. The third-order valence-electron chi connectivity index (χ3n) is 11.7. The number of esters is 1. The maximum absolute atomic E-state index is 15.0. The summed E-state index contributed by atoms with van der Waals surface area (Å²) in [5.41, 5.74) is 2.20. The van der Waals surface area contributed by atoms with Gasteiger partial charge < -0.3 is 33.6 Å². The van der Waals surface area contributed by atoms with Gasteiger partial charge in [-0.05, 0) is 67.7 Å². The van der Waals surface area contributed by atoms with E-state index in [2.05, 4.69) is 41.8 Å². The van der Waals surface area contributed by atoms with E-state index in [0.717, 1.165) is 69.8 Å². The lowest BCUT2D eigenvalue weighted by Crippen LogP contribution is -2.47. The van der Waals surface area contributed by atoms with Crippen molar-refractivity contribution in [2.24, 2.45) is 5.41 Å². The average Bonchev–Trinajstić information content (AvgIpc) is 4.02. The number of hydrogen-bond acceptors (Lipinski definition) is 13. The second-order valence-electron chi connectivity index (χ2n) is 17.2. The maximum Gasteiger partial charge on any atom is 0.350 e. The molecular weight excluding hydrogens is 803 g/mol. The molecule has 3 aliphatic rings. The zero-order chi connectivity index (χ0) is 43.4. The molecule has 0 amide bonds. The summed E-state index contributed by atoms with van der Waals surface area (Å²) < 4.78 is 57.4. The fourth-order valence-corrected chi connectivity index (χ4v) is 7.94. The Balaban J connectivity index is 0.817. The number of carbonyl (C=O) groups is 1. The average molecular weight is 857 g/mol. The molecule has 0 aliphatic carbocycles. The minimum absolute atomic E-state index is 0.0195. The molecule has 3 aromatic carbocycles. The zero-order valence-corrected chi connectivity index (χ0v) is 35.6. The molecule has 5 aromatic rings. The summed E-state index contributed by atoms with van der Waals surface area (Å²) in [4.78, 5) is 39.4. The Morgan fingerprint density at radius 3 is 2.16 bits per heavy atom. The van der Waals surface area contributed by atoms with Crippen LogP contribution in [0.2, 0.25) is 0 Å². The van der Waals surface area contributed by atoms with Gasteiger partial charge >= 0.3 is 11.7 Å². The zero-order valence-electron chi connectivity index (χ0n) is 35.6. The number of piperazine rings is 2.